The zero-order chi connectivity index (χ0) is 17.7. The molecular weight excluding hydrogens is 324 g/mol. The van der Waals surface area contributed by atoms with Gasteiger partial charge in [0.2, 0.25) is 0 Å². The third-order valence-electron chi connectivity index (χ3n) is 6.07. The van der Waals surface area contributed by atoms with Crippen molar-refractivity contribution in [2.75, 3.05) is 36.0 Å². The Morgan fingerprint density at radius 3 is 2.15 bits per heavy atom. The Labute approximate surface area is 154 Å². The lowest BCUT2D eigenvalue weighted by Crippen LogP contribution is -2.29. The molecule has 26 heavy (non-hydrogen) atoms. The molecule has 0 amide bonds. The van der Waals surface area contributed by atoms with Crippen LogP contribution in [0.2, 0.25) is 0 Å². The SMILES string of the molecule is CC(C)c1cc(N2CC3CN(c4ccc(C5CC5)nn4)CC3C2)ncn1. The standard InChI is InChI=1S/C20H26N6/c1-13(2)18-7-20(22-12-21-18)26-10-15-8-25(9-16(15)11-26)19-6-5-17(23-24-19)14-3-4-14/h5-7,12-16H,3-4,8-11H2,1-2H3. The van der Waals surface area contributed by atoms with Crippen LogP contribution < -0.4 is 9.80 Å². The molecule has 2 aromatic rings. The fraction of sp³-hybridized carbons (Fsp3) is 0.600. The Balaban J connectivity index is 1.25. The van der Waals surface area contributed by atoms with Gasteiger partial charge in [0.05, 0.1) is 5.69 Å². The van der Waals surface area contributed by atoms with E-state index in [1.54, 1.807) is 6.33 Å². The third kappa shape index (κ3) is 2.91. The van der Waals surface area contributed by atoms with Gasteiger partial charge in [-0.05, 0) is 30.9 Å². The molecule has 1 saturated carbocycles. The summed E-state index contributed by atoms with van der Waals surface area (Å²) in [5.74, 6) is 4.59. The van der Waals surface area contributed by atoms with Crippen LogP contribution in [0.4, 0.5) is 11.6 Å². The molecule has 0 bridgehead atoms. The lowest BCUT2D eigenvalue weighted by molar-refractivity contribution is 0.533. The molecule has 6 nitrogen and oxygen atoms in total. The predicted octanol–water partition coefficient (Wildman–Crippen LogP) is 2.84. The summed E-state index contributed by atoms with van der Waals surface area (Å²) >= 11 is 0. The van der Waals surface area contributed by atoms with Crippen LogP contribution in [0.1, 0.15) is 49.9 Å². The van der Waals surface area contributed by atoms with Gasteiger partial charge in [-0.3, -0.25) is 0 Å². The van der Waals surface area contributed by atoms with Gasteiger partial charge in [-0.15, -0.1) is 5.10 Å². The Morgan fingerprint density at radius 1 is 0.885 bits per heavy atom. The summed E-state index contributed by atoms with van der Waals surface area (Å²) < 4.78 is 0. The molecule has 5 rings (SSSR count). The van der Waals surface area contributed by atoms with Gasteiger partial charge in [0, 0.05) is 55.7 Å². The van der Waals surface area contributed by atoms with Crippen LogP contribution in [-0.2, 0) is 0 Å². The Bertz CT molecular complexity index is 771. The minimum absolute atomic E-state index is 0.437. The van der Waals surface area contributed by atoms with Gasteiger partial charge in [-0.25, -0.2) is 9.97 Å². The number of aromatic nitrogens is 4. The largest absolute Gasteiger partial charge is 0.356 e. The van der Waals surface area contributed by atoms with E-state index in [1.165, 1.54) is 18.5 Å². The van der Waals surface area contributed by atoms with Gasteiger partial charge in [-0.1, -0.05) is 13.8 Å². The van der Waals surface area contributed by atoms with Gasteiger partial charge >= 0.3 is 0 Å². The van der Waals surface area contributed by atoms with E-state index in [1.807, 2.05) is 0 Å². The Morgan fingerprint density at radius 2 is 1.58 bits per heavy atom. The average Bonchev–Trinajstić information content (AvgIpc) is 3.32. The van der Waals surface area contributed by atoms with E-state index in [0.29, 0.717) is 23.7 Å². The number of rotatable bonds is 4. The molecular formula is C20H26N6. The molecule has 2 unspecified atom stereocenters. The van der Waals surface area contributed by atoms with Crippen molar-refractivity contribution < 1.29 is 0 Å². The minimum Gasteiger partial charge on any atom is -0.356 e. The van der Waals surface area contributed by atoms with E-state index >= 15 is 0 Å². The van der Waals surface area contributed by atoms with Crippen molar-refractivity contribution in [1.82, 2.24) is 20.2 Å². The summed E-state index contributed by atoms with van der Waals surface area (Å²) in [5.41, 5.74) is 2.30. The average molecular weight is 350 g/mol. The molecule has 3 fully saturated rings. The molecule has 0 radical (unpaired) electrons. The van der Waals surface area contributed by atoms with Crippen LogP contribution in [-0.4, -0.2) is 46.3 Å². The fourth-order valence-electron chi connectivity index (χ4n) is 4.32. The van der Waals surface area contributed by atoms with E-state index in [2.05, 4.69) is 62.0 Å². The molecule has 0 N–H and O–H groups in total. The highest BCUT2D eigenvalue weighted by Crippen LogP contribution is 2.39. The molecule has 0 aromatic carbocycles. The molecule has 2 aliphatic heterocycles. The van der Waals surface area contributed by atoms with Crippen LogP contribution >= 0.6 is 0 Å². The quantitative estimate of drug-likeness (QED) is 0.845. The van der Waals surface area contributed by atoms with Crippen LogP contribution in [0.5, 0.6) is 0 Å². The molecule has 2 aromatic heterocycles. The molecule has 6 heteroatoms. The van der Waals surface area contributed by atoms with E-state index in [9.17, 15) is 0 Å². The topological polar surface area (TPSA) is 58.0 Å². The molecule has 2 saturated heterocycles. The second-order valence-corrected chi connectivity index (χ2v) is 8.38. The lowest BCUT2D eigenvalue weighted by atomic mass is 10.0. The maximum absolute atomic E-state index is 4.52. The van der Waals surface area contributed by atoms with Gasteiger partial charge in [0.1, 0.15) is 12.1 Å². The van der Waals surface area contributed by atoms with E-state index in [0.717, 1.165) is 43.5 Å². The van der Waals surface area contributed by atoms with Crippen molar-refractivity contribution in [3.8, 4) is 0 Å². The van der Waals surface area contributed by atoms with Gasteiger partial charge < -0.3 is 9.80 Å². The molecule has 1 aliphatic carbocycles. The van der Waals surface area contributed by atoms with Crippen molar-refractivity contribution >= 4 is 11.6 Å². The van der Waals surface area contributed by atoms with E-state index in [4.69, 9.17) is 0 Å². The smallest absolute Gasteiger partial charge is 0.151 e. The van der Waals surface area contributed by atoms with Crippen molar-refractivity contribution in [2.24, 2.45) is 11.8 Å². The number of hydrogen-bond acceptors (Lipinski definition) is 6. The number of fused-ring (bicyclic) bond motifs is 1. The van der Waals surface area contributed by atoms with Crippen molar-refractivity contribution in [2.45, 2.75) is 38.5 Å². The van der Waals surface area contributed by atoms with Crippen molar-refractivity contribution in [1.29, 1.82) is 0 Å². The summed E-state index contributed by atoms with van der Waals surface area (Å²) in [5, 5.41) is 8.95. The zero-order valence-corrected chi connectivity index (χ0v) is 15.5. The first-order chi connectivity index (χ1) is 12.7. The maximum Gasteiger partial charge on any atom is 0.151 e. The van der Waals surface area contributed by atoms with Crippen LogP contribution in [0.25, 0.3) is 0 Å². The van der Waals surface area contributed by atoms with Crippen LogP contribution in [0.3, 0.4) is 0 Å². The lowest BCUT2D eigenvalue weighted by Gasteiger charge is -2.23. The Kier molecular flexibility index (Phi) is 3.80. The second kappa shape index (κ2) is 6.18. The first-order valence-corrected chi connectivity index (χ1v) is 9.83. The highest BCUT2D eigenvalue weighted by atomic mass is 15.3. The first kappa shape index (κ1) is 16.0. The van der Waals surface area contributed by atoms with Gasteiger partial charge in [-0.2, -0.15) is 5.10 Å². The fourth-order valence-corrected chi connectivity index (χ4v) is 4.32. The normalized spacial score (nSPS) is 25.2. The second-order valence-electron chi connectivity index (χ2n) is 8.38. The maximum atomic E-state index is 4.52. The van der Waals surface area contributed by atoms with Crippen LogP contribution in [0, 0.1) is 11.8 Å². The Hall–Kier alpha value is -2.24. The summed E-state index contributed by atoms with van der Waals surface area (Å²) in [6.07, 6.45) is 4.26. The summed E-state index contributed by atoms with van der Waals surface area (Å²) in [6, 6.07) is 6.50. The molecule has 2 atom stereocenters. The molecule has 136 valence electrons. The third-order valence-corrected chi connectivity index (χ3v) is 6.07. The highest BCUT2D eigenvalue weighted by Gasteiger charge is 2.41. The molecule has 4 heterocycles. The van der Waals surface area contributed by atoms with Crippen molar-refractivity contribution in [3.05, 3.63) is 35.9 Å². The predicted molar refractivity (Wildman–Crippen MR) is 102 cm³/mol. The number of nitrogens with zero attached hydrogens (tertiary/aromatic N) is 6. The summed E-state index contributed by atoms with van der Waals surface area (Å²) in [6.45, 7) is 8.64. The molecule has 0 spiro atoms. The van der Waals surface area contributed by atoms with Gasteiger partial charge in [0.25, 0.3) is 0 Å². The highest BCUT2D eigenvalue weighted by molar-refractivity contribution is 5.45. The zero-order valence-electron chi connectivity index (χ0n) is 15.5. The van der Waals surface area contributed by atoms with Crippen LogP contribution in [0.15, 0.2) is 24.5 Å². The van der Waals surface area contributed by atoms with Crippen molar-refractivity contribution in [3.63, 3.8) is 0 Å². The minimum atomic E-state index is 0.437. The first-order valence-electron chi connectivity index (χ1n) is 9.83. The monoisotopic (exact) mass is 350 g/mol. The summed E-state index contributed by atoms with van der Waals surface area (Å²) in [4.78, 5) is 13.8. The number of hydrogen-bond donors (Lipinski definition) is 0. The van der Waals surface area contributed by atoms with E-state index in [-0.39, 0.29) is 0 Å². The van der Waals surface area contributed by atoms with E-state index < -0.39 is 0 Å². The van der Waals surface area contributed by atoms with Gasteiger partial charge in [0.15, 0.2) is 5.82 Å². The molecule has 3 aliphatic rings. The number of anilines is 2. The summed E-state index contributed by atoms with van der Waals surface area (Å²) in [7, 11) is 0.